The molecule has 28 heavy (non-hydrogen) atoms. The first-order valence-corrected chi connectivity index (χ1v) is 8.96. The molecule has 0 aliphatic carbocycles. The second-order valence-electron chi connectivity index (χ2n) is 6.62. The van der Waals surface area contributed by atoms with E-state index in [2.05, 4.69) is 0 Å². The van der Waals surface area contributed by atoms with Crippen LogP contribution in [0.25, 0.3) is 5.76 Å². The zero-order valence-corrected chi connectivity index (χ0v) is 16.1. The number of carbonyl (C=O) groups is 2. The van der Waals surface area contributed by atoms with Crippen molar-refractivity contribution in [3.63, 3.8) is 0 Å². The van der Waals surface area contributed by atoms with Gasteiger partial charge in [0.2, 0.25) is 0 Å². The second-order valence-corrected chi connectivity index (χ2v) is 6.62. The highest BCUT2D eigenvalue weighted by molar-refractivity contribution is 6.46. The summed E-state index contributed by atoms with van der Waals surface area (Å²) < 4.78 is 10.2. The summed E-state index contributed by atoms with van der Waals surface area (Å²) >= 11 is 0. The van der Waals surface area contributed by atoms with Crippen LogP contribution in [0.4, 0.5) is 0 Å². The van der Waals surface area contributed by atoms with Crippen molar-refractivity contribution in [2.75, 3.05) is 27.4 Å². The third kappa shape index (κ3) is 3.64. The van der Waals surface area contributed by atoms with Crippen molar-refractivity contribution in [1.82, 2.24) is 4.90 Å². The van der Waals surface area contributed by atoms with Gasteiger partial charge in [-0.3, -0.25) is 9.59 Å². The van der Waals surface area contributed by atoms with E-state index >= 15 is 0 Å². The summed E-state index contributed by atoms with van der Waals surface area (Å²) in [6.45, 7) is 2.50. The molecule has 1 saturated heterocycles. The number of rotatable bonds is 6. The van der Waals surface area contributed by atoms with E-state index in [4.69, 9.17) is 9.47 Å². The van der Waals surface area contributed by atoms with Gasteiger partial charge in [-0.25, -0.2) is 0 Å². The zero-order valence-electron chi connectivity index (χ0n) is 16.1. The first-order chi connectivity index (χ1) is 13.5. The Morgan fingerprint density at radius 3 is 2.25 bits per heavy atom. The molecule has 0 spiro atoms. The van der Waals surface area contributed by atoms with Gasteiger partial charge in [0.15, 0.2) is 0 Å². The van der Waals surface area contributed by atoms with Crippen molar-refractivity contribution in [2.24, 2.45) is 0 Å². The number of methoxy groups -OCH3 is 2. The molecule has 1 aliphatic rings. The summed E-state index contributed by atoms with van der Waals surface area (Å²) in [4.78, 5) is 26.9. The van der Waals surface area contributed by atoms with Crippen LogP contribution in [0.5, 0.6) is 5.75 Å². The summed E-state index contributed by atoms with van der Waals surface area (Å²) in [7, 11) is 3.09. The van der Waals surface area contributed by atoms with Gasteiger partial charge < -0.3 is 19.5 Å². The third-order valence-corrected chi connectivity index (χ3v) is 4.83. The molecular formula is C22H23NO5. The minimum absolute atomic E-state index is 0.0788. The molecule has 1 amide bonds. The van der Waals surface area contributed by atoms with Crippen molar-refractivity contribution in [3.8, 4) is 5.75 Å². The van der Waals surface area contributed by atoms with Crippen LogP contribution in [0.3, 0.4) is 0 Å². The number of aliphatic hydroxyl groups is 1. The normalized spacial score (nSPS) is 18.5. The number of aliphatic hydroxyl groups excluding tert-OH is 1. The van der Waals surface area contributed by atoms with E-state index < -0.39 is 17.7 Å². The first-order valence-electron chi connectivity index (χ1n) is 8.96. The third-order valence-electron chi connectivity index (χ3n) is 4.83. The predicted octanol–water partition coefficient (Wildman–Crippen LogP) is 3.07. The molecule has 2 aromatic carbocycles. The quantitative estimate of drug-likeness (QED) is 0.473. The number of ether oxygens (including phenoxy) is 2. The Bertz CT molecular complexity index is 900. The number of Topliss-reactive ketones (excluding diaryl/α,β-unsaturated/α-hetero) is 1. The number of hydrogen-bond donors (Lipinski definition) is 1. The molecule has 1 atom stereocenters. The largest absolute Gasteiger partial charge is 0.507 e. The number of aryl methyl sites for hydroxylation is 1. The summed E-state index contributed by atoms with van der Waals surface area (Å²) in [6, 6.07) is 13.6. The van der Waals surface area contributed by atoms with E-state index in [0.29, 0.717) is 11.3 Å². The SMILES string of the molecule is COCCN1C(=O)C(=O)/C(=C(/O)c2ccc(OC)cc2)C1c1ccc(C)cc1. The van der Waals surface area contributed by atoms with Gasteiger partial charge in [-0.15, -0.1) is 0 Å². The molecule has 1 fully saturated rings. The van der Waals surface area contributed by atoms with E-state index in [1.54, 1.807) is 31.4 Å². The lowest BCUT2D eigenvalue weighted by molar-refractivity contribution is -0.140. The number of nitrogens with zero attached hydrogens (tertiary/aromatic N) is 1. The standard InChI is InChI=1S/C22H23NO5/c1-14-4-6-15(7-5-14)19-18(21(25)22(26)23(19)12-13-27-2)20(24)16-8-10-17(28-3)11-9-16/h4-11,19,24H,12-13H2,1-3H3/b20-18+. The molecule has 1 heterocycles. The highest BCUT2D eigenvalue weighted by Crippen LogP contribution is 2.39. The number of likely N-dealkylation sites (tertiary alicyclic amines) is 1. The van der Waals surface area contributed by atoms with Gasteiger partial charge >= 0.3 is 0 Å². The molecule has 6 heteroatoms. The number of amides is 1. The maximum Gasteiger partial charge on any atom is 0.295 e. The second kappa shape index (κ2) is 8.27. The molecule has 0 saturated carbocycles. The van der Waals surface area contributed by atoms with Crippen LogP contribution in [0.15, 0.2) is 54.1 Å². The Balaban J connectivity index is 2.12. The van der Waals surface area contributed by atoms with Gasteiger partial charge in [0.25, 0.3) is 11.7 Å². The van der Waals surface area contributed by atoms with E-state index in [1.807, 2.05) is 31.2 Å². The summed E-state index contributed by atoms with van der Waals surface area (Å²) in [6.07, 6.45) is 0. The van der Waals surface area contributed by atoms with Gasteiger partial charge in [0, 0.05) is 19.2 Å². The summed E-state index contributed by atoms with van der Waals surface area (Å²) in [5.74, 6) is -0.911. The lowest BCUT2D eigenvalue weighted by Gasteiger charge is -2.25. The molecule has 6 nitrogen and oxygen atoms in total. The molecule has 3 rings (SSSR count). The van der Waals surface area contributed by atoms with Crippen LogP contribution in [0.2, 0.25) is 0 Å². The monoisotopic (exact) mass is 381 g/mol. The maximum absolute atomic E-state index is 12.8. The zero-order chi connectivity index (χ0) is 20.3. The van der Waals surface area contributed by atoms with Gasteiger partial charge in [-0.1, -0.05) is 29.8 Å². The van der Waals surface area contributed by atoms with Gasteiger partial charge in [-0.2, -0.15) is 0 Å². The van der Waals surface area contributed by atoms with E-state index in [0.717, 1.165) is 11.1 Å². The average Bonchev–Trinajstić information content (AvgIpc) is 2.97. The molecule has 1 N–H and O–H groups in total. The van der Waals surface area contributed by atoms with E-state index in [1.165, 1.54) is 12.0 Å². The maximum atomic E-state index is 12.8. The minimum atomic E-state index is -0.699. The van der Waals surface area contributed by atoms with Crippen molar-refractivity contribution >= 4 is 17.4 Å². The fourth-order valence-corrected chi connectivity index (χ4v) is 3.30. The van der Waals surface area contributed by atoms with Crippen LogP contribution in [0, 0.1) is 6.92 Å². The van der Waals surface area contributed by atoms with Crippen molar-refractivity contribution in [2.45, 2.75) is 13.0 Å². The van der Waals surface area contributed by atoms with Crippen LogP contribution < -0.4 is 4.74 Å². The Kier molecular flexibility index (Phi) is 5.80. The molecule has 1 aliphatic heterocycles. The lowest BCUT2D eigenvalue weighted by atomic mass is 9.94. The molecule has 2 aromatic rings. The topological polar surface area (TPSA) is 76.1 Å². The minimum Gasteiger partial charge on any atom is -0.507 e. The van der Waals surface area contributed by atoms with Crippen LogP contribution in [-0.2, 0) is 14.3 Å². The number of carbonyl (C=O) groups excluding carboxylic acids is 2. The number of benzene rings is 2. The van der Waals surface area contributed by atoms with Gasteiger partial charge in [0.1, 0.15) is 11.5 Å². The fraction of sp³-hybridized carbons (Fsp3) is 0.273. The van der Waals surface area contributed by atoms with Crippen molar-refractivity contribution in [3.05, 3.63) is 70.8 Å². The summed E-state index contributed by atoms with van der Waals surface area (Å²) in [5, 5.41) is 10.9. The Hall–Kier alpha value is -3.12. The Labute approximate surface area is 164 Å². The molecule has 1 unspecified atom stereocenters. The van der Waals surface area contributed by atoms with Crippen LogP contribution in [-0.4, -0.2) is 49.1 Å². The highest BCUT2D eigenvalue weighted by Gasteiger charge is 2.45. The average molecular weight is 381 g/mol. The van der Waals surface area contributed by atoms with E-state index in [9.17, 15) is 14.7 Å². The molecular weight excluding hydrogens is 358 g/mol. The van der Waals surface area contributed by atoms with Gasteiger partial charge in [0.05, 0.1) is 25.3 Å². The fourth-order valence-electron chi connectivity index (χ4n) is 3.30. The Morgan fingerprint density at radius 1 is 1.04 bits per heavy atom. The molecule has 0 radical (unpaired) electrons. The van der Waals surface area contributed by atoms with E-state index in [-0.39, 0.29) is 24.5 Å². The molecule has 0 bridgehead atoms. The van der Waals surface area contributed by atoms with Crippen molar-refractivity contribution in [1.29, 1.82) is 0 Å². The van der Waals surface area contributed by atoms with Crippen LogP contribution in [0.1, 0.15) is 22.7 Å². The highest BCUT2D eigenvalue weighted by atomic mass is 16.5. The molecule has 146 valence electrons. The van der Waals surface area contributed by atoms with Crippen LogP contribution >= 0.6 is 0 Å². The van der Waals surface area contributed by atoms with Crippen molar-refractivity contribution < 1.29 is 24.2 Å². The molecule has 0 aromatic heterocycles. The lowest BCUT2D eigenvalue weighted by Crippen LogP contribution is -2.32. The smallest absolute Gasteiger partial charge is 0.295 e. The number of hydrogen-bond acceptors (Lipinski definition) is 5. The predicted molar refractivity (Wildman–Crippen MR) is 105 cm³/mol. The first kappa shape index (κ1) is 19.6. The summed E-state index contributed by atoms with van der Waals surface area (Å²) in [5.41, 5.74) is 2.35. The van der Waals surface area contributed by atoms with Gasteiger partial charge in [-0.05, 0) is 36.8 Å². The Morgan fingerprint density at radius 2 is 1.68 bits per heavy atom. The number of ketones is 1.